The molecule has 0 aromatic heterocycles. The minimum atomic E-state index is -0.315. The Hall–Kier alpha value is -1.09. The van der Waals surface area contributed by atoms with Crippen LogP contribution in [0.5, 0.6) is 5.75 Å². The fourth-order valence-corrected chi connectivity index (χ4v) is 1.22. The van der Waals surface area contributed by atoms with Crippen molar-refractivity contribution in [2.45, 2.75) is 26.4 Å². The van der Waals surface area contributed by atoms with Crippen molar-refractivity contribution in [1.82, 2.24) is 0 Å². The molecular formula is C11H16FNO. The molecular weight excluding hydrogens is 181 g/mol. The molecule has 0 saturated carbocycles. The summed E-state index contributed by atoms with van der Waals surface area (Å²) in [7, 11) is 0. The summed E-state index contributed by atoms with van der Waals surface area (Å²) in [5.41, 5.74) is 6.28. The molecule has 0 bridgehead atoms. The van der Waals surface area contributed by atoms with Gasteiger partial charge in [0.25, 0.3) is 0 Å². The summed E-state index contributed by atoms with van der Waals surface area (Å²) in [6.45, 7) is 4.27. The van der Waals surface area contributed by atoms with Gasteiger partial charge in [-0.3, -0.25) is 0 Å². The second-order valence-electron chi connectivity index (χ2n) is 3.47. The maximum absolute atomic E-state index is 13.4. The lowest BCUT2D eigenvalue weighted by Crippen LogP contribution is -2.08. The highest BCUT2D eigenvalue weighted by molar-refractivity contribution is 5.29. The molecule has 1 aromatic carbocycles. The van der Waals surface area contributed by atoms with E-state index in [0.717, 1.165) is 5.56 Å². The number of rotatable bonds is 4. The smallest absolute Gasteiger partial charge is 0.165 e. The second-order valence-corrected chi connectivity index (χ2v) is 3.47. The summed E-state index contributed by atoms with van der Waals surface area (Å²) in [6.07, 6.45) is 0.684. The molecule has 0 heterocycles. The van der Waals surface area contributed by atoms with Gasteiger partial charge in [-0.25, -0.2) is 4.39 Å². The summed E-state index contributed by atoms with van der Waals surface area (Å²) in [4.78, 5) is 0. The van der Waals surface area contributed by atoms with Crippen molar-refractivity contribution in [2.24, 2.45) is 5.73 Å². The van der Waals surface area contributed by atoms with Gasteiger partial charge in [0.1, 0.15) is 0 Å². The SMILES string of the molecule is CC(C)Oc1ccc(CCN)cc1F. The van der Waals surface area contributed by atoms with Gasteiger partial charge >= 0.3 is 0 Å². The largest absolute Gasteiger partial charge is 0.488 e. The highest BCUT2D eigenvalue weighted by atomic mass is 19.1. The lowest BCUT2D eigenvalue weighted by Gasteiger charge is -2.11. The Balaban J connectivity index is 2.79. The van der Waals surface area contributed by atoms with Gasteiger partial charge in [0, 0.05) is 0 Å². The first kappa shape index (κ1) is 11.0. The quantitative estimate of drug-likeness (QED) is 0.802. The molecule has 1 rings (SSSR count). The highest BCUT2D eigenvalue weighted by Gasteiger charge is 2.05. The number of benzene rings is 1. The second kappa shape index (κ2) is 4.96. The Morgan fingerprint density at radius 2 is 2.14 bits per heavy atom. The van der Waals surface area contributed by atoms with E-state index in [1.54, 1.807) is 6.07 Å². The van der Waals surface area contributed by atoms with Crippen LogP contribution in [0.4, 0.5) is 4.39 Å². The Morgan fingerprint density at radius 3 is 2.64 bits per heavy atom. The summed E-state index contributed by atoms with van der Waals surface area (Å²) >= 11 is 0. The maximum Gasteiger partial charge on any atom is 0.165 e. The van der Waals surface area contributed by atoms with Gasteiger partial charge in [-0.2, -0.15) is 0 Å². The van der Waals surface area contributed by atoms with E-state index in [4.69, 9.17) is 10.5 Å². The molecule has 2 N–H and O–H groups in total. The van der Waals surface area contributed by atoms with Gasteiger partial charge in [0.15, 0.2) is 11.6 Å². The molecule has 0 unspecified atom stereocenters. The topological polar surface area (TPSA) is 35.2 Å². The van der Waals surface area contributed by atoms with Gasteiger partial charge in [0.2, 0.25) is 0 Å². The first-order valence-electron chi connectivity index (χ1n) is 4.78. The molecule has 0 aliphatic carbocycles. The third-order valence-corrected chi connectivity index (χ3v) is 1.79. The minimum absolute atomic E-state index is 0.00939. The van der Waals surface area contributed by atoms with Crippen LogP contribution in [0.2, 0.25) is 0 Å². The number of nitrogens with two attached hydrogens (primary N) is 1. The van der Waals surface area contributed by atoms with E-state index in [0.29, 0.717) is 18.7 Å². The fraction of sp³-hybridized carbons (Fsp3) is 0.455. The Bertz CT molecular complexity index is 299. The van der Waals surface area contributed by atoms with E-state index in [1.807, 2.05) is 19.9 Å². The molecule has 78 valence electrons. The number of hydrogen-bond donors (Lipinski definition) is 1. The average Bonchev–Trinajstić information content (AvgIpc) is 2.10. The molecule has 3 heteroatoms. The third-order valence-electron chi connectivity index (χ3n) is 1.79. The fourth-order valence-electron chi connectivity index (χ4n) is 1.22. The predicted octanol–water partition coefficient (Wildman–Crippen LogP) is 2.11. The molecule has 0 saturated heterocycles. The Labute approximate surface area is 83.9 Å². The van der Waals surface area contributed by atoms with Crippen molar-refractivity contribution < 1.29 is 9.13 Å². The Morgan fingerprint density at radius 1 is 1.43 bits per heavy atom. The van der Waals surface area contributed by atoms with Crippen molar-refractivity contribution in [3.63, 3.8) is 0 Å². The highest BCUT2D eigenvalue weighted by Crippen LogP contribution is 2.19. The zero-order chi connectivity index (χ0) is 10.6. The van der Waals surface area contributed by atoms with E-state index in [9.17, 15) is 4.39 Å². The normalized spacial score (nSPS) is 10.6. The van der Waals surface area contributed by atoms with Gasteiger partial charge in [-0.05, 0) is 44.5 Å². The van der Waals surface area contributed by atoms with Crippen LogP contribution in [-0.2, 0) is 6.42 Å². The zero-order valence-electron chi connectivity index (χ0n) is 8.59. The van der Waals surface area contributed by atoms with E-state index in [2.05, 4.69) is 0 Å². The number of halogens is 1. The minimum Gasteiger partial charge on any atom is -0.488 e. The maximum atomic E-state index is 13.4. The van der Waals surface area contributed by atoms with Crippen molar-refractivity contribution >= 4 is 0 Å². The molecule has 1 aromatic rings. The molecule has 0 aliphatic rings. The molecule has 0 fully saturated rings. The van der Waals surface area contributed by atoms with Crippen molar-refractivity contribution in [2.75, 3.05) is 6.54 Å². The standard InChI is InChI=1S/C11H16FNO/c1-8(2)14-11-4-3-9(5-6-13)7-10(11)12/h3-4,7-8H,5-6,13H2,1-2H3. The third kappa shape index (κ3) is 3.00. The molecule has 2 nitrogen and oxygen atoms in total. The van der Waals surface area contributed by atoms with E-state index in [-0.39, 0.29) is 11.9 Å². The lowest BCUT2D eigenvalue weighted by atomic mass is 10.1. The Kier molecular flexibility index (Phi) is 3.89. The average molecular weight is 197 g/mol. The van der Waals surface area contributed by atoms with Crippen LogP contribution in [0.25, 0.3) is 0 Å². The molecule has 0 radical (unpaired) electrons. The van der Waals surface area contributed by atoms with Crippen molar-refractivity contribution in [3.05, 3.63) is 29.6 Å². The van der Waals surface area contributed by atoms with E-state index < -0.39 is 0 Å². The van der Waals surface area contributed by atoms with Gasteiger partial charge in [-0.1, -0.05) is 6.07 Å². The van der Waals surface area contributed by atoms with Gasteiger partial charge < -0.3 is 10.5 Å². The van der Waals surface area contributed by atoms with Gasteiger partial charge in [-0.15, -0.1) is 0 Å². The summed E-state index contributed by atoms with van der Waals surface area (Å²) in [5, 5.41) is 0. The van der Waals surface area contributed by atoms with Crippen LogP contribution in [0.15, 0.2) is 18.2 Å². The van der Waals surface area contributed by atoms with Crippen LogP contribution in [0.3, 0.4) is 0 Å². The van der Waals surface area contributed by atoms with Crippen LogP contribution in [-0.4, -0.2) is 12.6 Å². The predicted molar refractivity (Wildman–Crippen MR) is 54.9 cm³/mol. The van der Waals surface area contributed by atoms with Crippen LogP contribution in [0.1, 0.15) is 19.4 Å². The molecule has 0 spiro atoms. The summed E-state index contributed by atoms with van der Waals surface area (Å²) in [5.74, 6) is -0.00887. The molecule has 0 amide bonds. The summed E-state index contributed by atoms with van der Waals surface area (Å²) < 4.78 is 18.6. The summed E-state index contributed by atoms with van der Waals surface area (Å²) in [6, 6.07) is 4.97. The van der Waals surface area contributed by atoms with Crippen molar-refractivity contribution in [3.8, 4) is 5.75 Å². The van der Waals surface area contributed by atoms with E-state index >= 15 is 0 Å². The molecule has 14 heavy (non-hydrogen) atoms. The van der Waals surface area contributed by atoms with Gasteiger partial charge in [0.05, 0.1) is 6.10 Å². The van der Waals surface area contributed by atoms with Crippen LogP contribution < -0.4 is 10.5 Å². The first-order valence-corrected chi connectivity index (χ1v) is 4.78. The van der Waals surface area contributed by atoms with Crippen molar-refractivity contribution in [1.29, 1.82) is 0 Å². The van der Waals surface area contributed by atoms with Crippen LogP contribution >= 0.6 is 0 Å². The zero-order valence-corrected chi connectivity index (χ0v) is 8.59. The number of hydrogen-bond acceptors (Lipinski definition) is 2. The van der Waals surface area contributed by atoms with Crippen LogP contribution in [0, 0.1) is 5.82 Å². The monoisotopic (exact) mass is 197 g/mol. The molecule has 0 atom stereocenters. The molecule has 0 aliphatic heterocycles. The lowest BCUT2D eigenvalue weighted by molar-refractivity contribution is 0.231. The number of ether oxygens (including phenoxy) is 1. The van der Waals surface area contributed by atoms with E-state index in [1.165, 1.54) is 6.07 Å². The first-order chi connectivity index (χ1) is 6.63.